The molecule has 1 saturated heterocycles. The van der Waals surface area contributed by atoms with Gasteiger partial charge in [0.15, 0.2) is 11.6 Å². The smallest absolute Gasteiger partial charge is 0.267 e. The molecule has 3 aliphatic heterocycles. The van der Waals surface area contributed by atoms with Crippen LogP contribution in [0.25, 0.3) is 0 Å². The molecule has 0 N–H and O–H groups in total. The third kappa shape index (κ3) is 5.88. The van der Waals surface area contributed by atoms with Crippen molar-refractivity contribution < 1.29 is 27.9 Å². The highest BCUT2D eigenvalue weighted by molar-refractivity contribution is 6.31. The van der Waals surface area contributed by atoms with E-state index in [1.807, 2.05) is 12.1 Å². The fourth-order valence-electron chi connectivity index (χ4n) is 6.34. The monoisotopic (exact) mass is 607 g/mol. The van der Waals surface area contributed by atoms with Crippen LogP contribution < -0.4 is 4.90 Å². The molecule has 0 spiro atoms. The van der Waals surface area contributed by atoms with Crippen LogP contribution in [0.1, 0.15) is 47.6 Å². The minimum Gasteiger partial charge on any atom is -0.382 e. The summed E-state index contributed by atoms with van der Waals surface area (Å²) in [6.45, 7) is 1.97. The molecule has 2 atom stereocenters. The first kappa shape index (κ1) is 29.3. The number of benzene rings is 3. The van der Waals surface area contributed by atoms with Crippen molar-refractivity contribution in [2.75, 3.05) is 31.6 Å². The maximum absolute atomic E-state index is 14.7. The van der Waals surface area contributed by atoms with Crippen LogP contribution in [0.15, 0.2) is 65.8 Å². The summed E-state index contributed by atoms with van der Waals surface area (Å²) in [7, 11) is 1.74. The number of hydrogen-bond acceptors (Lipinski definition) is 6. The van der Waals surface area contributed by atoms with E-state index >= 15 is 0 Å². The number of Topliss-reactive ketones (excluding diaryl/α,β-unsaturated/α-hetero) is 1. The normalized spacial score (nSPS) is 20.4. The summed E-state index contributed by atoms with van der Waals surface area (Å²) in [6, 6.07) is 15.4. The van der Waals surface area contributed by atoms with Gasteiger partial charge >= 0.3 is 0 Å². The standard InChI is InChI=1S/C33H32ClF2N3O4/c1-42-22-12-15-38(16-13-22)28-7-3-4-24-23(28)14-17-39(32(24)29(40)18-20-8-10-21(35)11-9-20)33(41)30-19-27(37-43-30)25-5-2-6-26(34)31(25)36/h2-11,22,30,32H,12-19H2,1H3/t30-,32+/m1/s1. The number of carbonyl (C=O) groups is 2. The lowest BCUT2D eigenvalue weighted by molar-refractivity contribution is -0.149. The number of ether oxygens (including phenoxy) is 1. The molecule has 6 rings (SSSR count). The van der Waals surface area contributed by atoms with Crippen LogP contribution in [-0.4, -0.2) is 61.3 Å². The number of piperidine rings is 1. The fraction of sp³-hybridized carbons (Fsp3) is 0.364. The Hall–Kier alpha value is -3.82. The molecule has 7 nitrogen and oxygen atoms in total. The van der Waals surface area contributed by atoms with Gasteiger partial charge in [-0.15, -0.1) is 0 Å². The van der Waals surface area contributed by atoms with E-state index in [9.17, 15) is 18.4 Å². The molecule has 0 radical (unpaired) electrons. The summed E-state index contributed by atoms with van der Waals surface area (Å²) in [4.78, 5) is 37.4. The number of nitrogens with zero attached hydrogens (tertiary/aromatic N) is 3. The Morgan fingerprint density at radius 2 is 1.77 bits per heavy atom. The van der Waals surface area contributed by atoms with Crippen LogP contribution in [0.5, 0.6) is 0 Å². The molecule has 43 heavy (non-hydrogen) atoms. The molecule has 1 amide bonds. The first-order valence-electron chi connectivity index (χ1n) is 14.5. The van der Waals surface area contributed by atoms with Crippen molar-refractivity contribution >= 4 is 34.7 Å². The Labute approximate surface area is 254 Å². The predicted octanol–water partition coefficient (Wildman–Crippen LogP) is 5.66. The topological polar surface area (TPSA) is 71.4 Å². The minimum atomic E-state index is -1.01. The lowest BCUT2D eigenvalue weighted by Gasteiger charge is -2.40. The number of amides is 1. The summed E-state index contributed by atoms with van der Waals surface area (Å²) in [5, 5.41) is 3.97. The summed E-state index contributed by atoms with van der Waals surface area (Å²) < 4.78 is 33.8. The van der Waals surface area contributed by atoms with Gasteiger partial charge in [-0.05, 0) is 66.3 Å². The second-order valence-corrected chi connectivity index (χ2v) is 11.6. The summed E-state index contributed by atoms with van der Waals surface area (Å²) in [5.41, 5.74) is 4.01. The molecule has 3 aliphatic rings. The van der Waals surface area contributed by atoms with Crippen molar-refractivity contribution in [1.29, 1.82) is 0 Å². The average molecular weight is 608 g/mol. The number of hydrogen-bond donors (Lipinski definition) is 0. The number of anilines is 1. The number of carbonyl (C=O) groups excluding carboxylic acids is 2. The Balaban J connectivity index is 1.29. The highest BCUT2D eigenvalue weighted by Gasteiger charge is 2.42. The molecule has 1 fully saturated rings. The summed E-state index contributed by atoms with van der Waals surface area (Å²) >= 11 is 5.96. The Kier molecular flexibility index (Phi) is 8.45. The van der Waals surface area contributed by atoms with Gasteiger partial charge in [0, 0.05) is 50.8 Å². The lowest BCUT2D eigenvalue weighted by atomic mass is 9.86. The molecular formula is C33H32ClF2N3O4. The summed E-state index contributed by atoms with van der Waals surface area (Å²) in [5.74, 6) is -1.59. The van der Waals surface area contributed by atoms with Gasteiger partial charge in [0.25, 0.3) is 5.91 Å². The van der Waals surface area contributed by atoms with Crippen molar-refractivity contribution in [3.63, 3.8) is 0 Å². The Morgan fingerprint density at radius 3 is 2.51 bits per heavy atom. The number of methoxy groups -OCH3 is 1. The minimum absolute atomic E-state index is 0.0264. The molecule has 0 bridgehead atoms. The third-order valence-electron chi connectivity index (χ3n) is 8.60. The Bertz CT molecular complexity index is 1560. The van der Waals surface area contributed by atoms with Gasteiger partial charge in [-0.25, -0.2) is 8.78 Å². The van der Waals surface area contributed by atoms with Crippen LogP contribution in [0.3, 0.4) is 0 Å². The van der Waals surface area contributed by atoms with E-state index in [1.54, 1.807) is 36.3 Å². The SMILES string of the molecule is COC1CCN(c2cccc3c2CCN(C(=O)[C@H]2CC(c4cccc(Cl)c4F)=NO2)[C@@H]3C(=O)Cc2ccc(F)cc2)CC1. The number of ketones is 1. The second kappa shape index (κ2) is 12.4. The highest BCUT2D eigenvalue weighted by Crippen LogP contribution is 2.39. The van der Waals surface area contributed by atoms with Crippen molar-refractivity contribution in [3.8, 4) is 0 Å². The maximum atomic E-state index is 14.7. The lowest BCUT2D eigenvalue weighted by Crippen LogP contribution is -2.48. The molecule has 0 aliphatic carbocycles. The Morgan fingerprint density at radius 1 is 1.02 bits per heavy atom. The predicted molar refractivity (Wildman–Crippen MR) is 159 cm³/mol. The molecule has 0 aromatic heterocycles. The van der Waals surface area contributed by atoms with Gasteiger partial charge < -0.3 is 19.4 Å². The van der Waals surface area contributed by atoms with Gasteiger partial charge in [-0.1, -0.05) is 47.1 Å². The first-order valence-corrected chi connectivity index (χ1v) is 14.9. The highest BCUT2D eigenvalue weighted by atomic mass is 35.5. The number of halogens is 3. The van der Waals surface area contributed by atoms with Crippen molar-refractivity contribution in [2.45, 2.75) is 50.4 Å². The molecule has 10 heteroatoms. The van der Waals surface area contributed by atoms with E-state index in [2.05, 4.69) is 16.1 Å². The molecule has 3 aromatic carbocycles. The second-order valence-electron chi connectivity index (χ2n) is 11.2. The van der Waals surface area contributed by atoms with Crippen molar-refractivity contribution in [1.82, 2.24) is 4.90 Å². The average Bonchev–Trinajstić information content (AvgIpc) is 3.52. The van der Waals surface area contributed by atoms with E-state index in [0.717, 1.165) is 42.7 Å². The largest absolute Gasteiger partial charge is 0.382 e. The van der Waals surface area contributed by atoms with Crippen LogP contribution in [-0.2, 0) is 32.0 Å². The van der Waals surface area contributed by atoms with Gasteiger partial charge in [-0.2, -0.15) is 0 Å². The van der Waals surface area contributed by atoms with Crippen LogP contribution in [0.2, 0.25) is 5.02 Å². The molecule has 3 aromatic rings. The molecular weight excluding hydrogens is 576 g/mol. The quantitative estimate of drug-likeness (QED) is 0.346. The van der Waals surface area contributed by atoms with Crippen LogP contribution >= 0.6 is 11.6 Å². The summed E-state index contributed by atoms with van der Waals surface area (Å²) in [6.07, 6.45) is 1.68. The van der Waals surface area contributed by atoms with E-state index in [0.29, 0.717) is 18.5 Å². The zero-order chi connectivity index (χ0) is 30.1. The van der Waals surface area contributed by atoms with Crippen molar-refractivity contribution in [3.05, 3.63) is 99.6 Å². The van der Waals surface area contributed by atoms with Crippen LogP contribution in [0.4, 0.5) is 14.5 Å². The third-order valence-corrected chi connectivity index (χ3v) is 8.89. The van der Waals surface area contributed by atoms with Crippen LogP contribution in [0, 0.1) is 11.6 Å². The van der Waals surface area contributed by atoms with Gasteiger partial charge in [-0.3, -0.25) is 9.59 Å². The molecule has 224 valence electrons. The van der Waals surface area contributed by atoms with Crippen molar-refractivity contribution in [2.24, 2.45) is 5.16 Å². The number of oxime groups is 1. The first-order chi connectivity index (χ1) is 20.8. The number of rotatable bonds is 7. The molecule has 3 heterocycles. The number of fused-ring (bicyclic) bond motifs is 1. The van der Waals surface area contributed by atoms with Gasteiger partial charge in [0.1, 0.15) is 11.9 Å². The van der Waals surface area contributed by atoms with E-state index in [-0.39, 0.29) is 46.8 Å². The van der Waals surface area contributed by atoms with E-state index in [1.165, 1.54) is 18.2 Å². The maximum Gasteiger partial charge on any atom is 0.267 e. The van der Waals surface area contributed by atoms with Gasteiger partial charge in [0.05, 0.1) is 16.8 Å². The van der Waals surface area contributed by atoms with Gasteiger partial charge in [0.2, 0.25) is 6.10 Å². The van der Waals surface area contributed by atoms with E-state index < -0.39 is 23.9 Å². The molecule has 0 saturated carbocycles. The zero-order valence-electron chi connectivity index (χ0n) is 23.8. The fourth-order valence-corrected chi connectivity index (χ4v) is 6.52. The van der Waals surface area contributed by atoms with E-state index in [4.69, 9.17) is 21.2 Å². The zero-order valence-corrected chi connectivity index (χ0v) is 24.5. The molecule has 0 unspecified atom stereocenters.